The molecule has 0 aromatic heterocycles. The Hall–Kier alpha value is -1.07. The highest BCUT2D eigenvalue weighted by molar-refractivity contribution is 9.10. The Kier molecular flexibility index (Phi) is 3.50. The fourth-order valence-electron chi connectivity index (χ4n) is 3.15. The minimum Gasteiger partial charge on any atom is -0.399 e. The van der Waals surface area contributed by atoms with Crippen molar-refractivity contribution in [1.82, 2.24) is 10.2 Å². The Morgan fingerprint density at radius 2 is 2.32 bits per heavy atom. The zero-order valence-corrected chi connectivity index (χ0v) is 12.3. The smallest absolute Gasteiger partial charge is 0.224 e. The first kappa shape index (κ1) is 12.9. The second-order valence-electron chi connectivity index (χ2n) is 5.38. The second kappa shape index (κ2) is 5.13. The molecule has 2 heterocycles. The van der Waals surface area contributed by atoms with Crippen LogP contribution in [0.3, 0.4) is 0 Å². The van der Waals surface area contributed by atoms with Gasteiger partial charge in [0.25, 0.3) is 0 Å². The van der Waals surface area contributed by atoms with Crippen molar-refractivity contribution in [3.63, 3.8) is 0 Å². The molecule has 2 aliphatic heterocycles. The third kappa shape index (κ3) is 2.49. The van der Waals surface area contributed by atoms with E-state index in [0.29, 0.717) is 6.04 Å². The molecule has 2 atom stereocenters. The van der Waals surface area contributed by atoms with Gasteiger partial charge < -0.3 is 11.1 Å². The van der Waals surface area contributed by atoms with Gasteiger partial charge in [0.05, 0.1) is 5.92 Å². The van der Waals surface area contributed by atoms with Gasteiger partial charge in [0, 0.05) is 29.3 Å². The molecule has 5 heteroatoms. The van der Waals surface area contributed by atoms with E-state index in [-0.39, 0.29) is 11.8 Å². The molecule has 19 heavy (non-hydrogen) atoms. The fraction of sp³-hybridized carbons (Fsp3) is 0.500. The number of likely N-dealkylation sites (tertiary alicyclic amines) is 1. The Bertz CT molecular complexity index is 505. The van der Waals surface area contributed by atoms with Crippen LogP contribution >= 0.6 is 15.9 Å². The zero-order chi connectivity index (χ0) is 13.4. The Morgan fingerprint density at radius 3 is 3.11 bits per heavy atom. The number of amides is 1. The quantitative estimate of drug-likeness (QED) is 0.815. The van der Waals surface area contributed by atoms with Crippen LogP contribution in [0.2, 0.25) is 0 Å². The number of benzene rings is 1. The molecular formula is C14H18BrN3O. The first-order valence-electron chi connectivity index (χ1n) is 6.71. The summed E-state index contributed by atoms with van der Waals surface area (Å²) in [6.07, 6.45) is 2.12. The van der Waals surface area contributed by atoms with Crippen molar-refractivity contribution in [1.29, 1.82) is 0 Å². The first-order valence-corrected chi connectivity index (χ1v) is 7.50. The number of carbonyl (C=O) groups is 1. The predicted octanol–water partition coefficient (Wildman–Crippen LogP) is 1.74. The van der Waals surface area contributed by atoms with E-state index in [9.17, 15) is 4.79 Å². The van der Waals surface area contributed by atoms with Crippen molar-refractivity contribution in [2.75, 3.05) is 18.8 Å². The SMILES string of the molecule is Nc1ccc(CN2CCCC3C(=O)NCC32)c(Br)c1. The van der Waals surface area contributed by atoms with Gasteiger partial charge in [-0.3, -0.25) is 9.69 Å². The van der Waals surface area contributed by atoms with Gasteiger partial charge in [0.1, 0.15) is 0 Å². The highest BCUT2D eigenvalue weighted by Crippen LogP contribution is 2.30. The Morgan fingerprint density at radius 1 is 1.47 bits per heavy atom. The summed E-state index contributed by atoms with van der Waals surface area (Å²) in [6, 6.07) is 6.28. The van der Waals surface area contributed by atoms with E-state index < -0.39 is 0 Å². The average molecular weight is 324 g/mol. The number of halogens is 1. The van der Waals surface area contributed by atoms with Gasteiger partial charge in [0.2, 0.25) is 5.91 Å². The lowest BCUT2D eigenvalue weighted by Crippen LogP contribution is -2.44. The lowest BCUT2D eigenvalue weighted by Gasteiger charge is -2.36. The van der Waals surface area contributed by atoms with E-state index in [0.717, 1.165) is 42.6 Å². The van der Waals surface area contributed by atoms with E-state index in [1.807, 2.05) is 12.1 Å². The Labute approximate surface area is 121 Å². The van der Waals surface area contributed by atoms with Crippen molar-refractivity contribution in [2.45, 2.75) is 25.4 Å². The van der Waals surface area contributed by atoms with Gasteiger partial charge in [-0.25, -0.2) is 0 Å². The topological polar surface area (TPSA) is 58.4 Å². The van der Waals surface area contributed by atoms with Crippen LogP contribution in [0.15, 0.2) is 22.7 Å². The van der Waals surface area contributed by atoms with Gasteiger partial charge >= 0.3 is 0 Å². The van der Waals surface area contributed by atoms with Gasteiger partial charge in [-0.05, 0) is 37.1 Å². The largest absolute Gasteiger partial charge is 0.399 e. The molecule has 2 aliphatic rings. The minimum atomic E-state index is 0.182. The number of hydrogen-bond donors (Lipinski definition) is 2. The van der Waals surface area contributed by atoms with E-state index in [4.69, 9.17) is 5.73 Å². The highest BCUT2D eigenvalue weighted by atomic mass is 79.9. The van der Waals surface area contributed by atoms with E-state index in [1.165, 1.54) is 5.56 Å². The molecule has 4 nitrogen and oxygen atoms in total. The molecule has 3 N–H and O–H groups in total. The molecule has 2 unspecified atom stereocenters. The van der Waals surface area contributed by atoms with Crippen molar-refractivity contribution in [2.24, 2.45) is 5.92 Å². The number of hydrogen-bond acceptors (Lipinski definition) is 3. The van der Waals surface area contributed by atoms with Crippen LogP contribution in [0, 0.1) is 5.92 Å². The molecule has 0 saturated carbocycles. The number of nitrogens with one attached hydrogen (secondary N) is 1. The summed E-state index contributed by atoms with van der Waals surface area (Å²) in [4.78, 5) is 14.2. The number of fused-ring (bicyclic) bond motifs is 1. The first-order chi connectivity index (χ1) is 9.15. The van der Waals surface area contributed by atoms with Gasteiger partial charge in [0.15, 0.2) is 0 Å². The number of rotatable bonds is 2. The lowest BCUT2D eigenvalue weighted by molar-refractivity contribution is -0.124. The summed E-state index contributed by atoms with van der Waals surface area (Å²) in [6.45, 7) is 2.72. The molecule has 0 radical (unpaired) electrons. The highest BCUT2D eigenvalue weighted by Gasteiger charge is 2.40. The van der Waals surface area contributed by atoms with Crippen LogP contribution in [0.4, 0.5) is 5.69 Å². The summed E-state index contributed by atoms with van der Waals surface area (Å²) in [7, 11) is 0. The van der Waals surface area contributed by atoms with Crippen molar-refractivity contribution >= 4 is 27.5 Å². The number of piperidine rings is 1. The van der Waals surface area contributed by atoms with Crippen LogP contribution in [0.5, 0.6) is 0 Å². The van der Waals surface area contributed by atoms with Crippen LogP contribution < -0.4 is 11.1 Å². The summed E-state index contributed by atoms with van der Waals surface area (Å²) in [5.41, 5.74) is 7.77. The maximum atomic E-state index is 11.8. The summed E-state index contributed by atoms with van der Waals surface area (Å²) in [5, 5.41) is 2.99. The van der Waals surface area contributed by atoms with Crippen molar-refractivity contribution in [3.8, 4) is 0 Å². The fourth-order valence-corrected chi connectivity index (χ4v) is 3.67. The van der Waals surface area contributed by atoms with Crippen molar-refractivity contribution < 1.29 is 4.79 Å². The lowest BCUT2D eigenvalue weighted by atomic mass is 9.91. The molecule has 1 amide bonds. The van der Waals surface area contributed by atoms with E-state index >= 15 is 0 Å². The average Bonchev–Trinajstić information content (AvgIpc) is 2.76. The molecule has 2 saturated heterocycles. The normalized spacial score (nSPS) is 27.1. The molecular weight excluding hydrogens is 306 g/mol. The molecule has 2 fully saturated rings. The number of anilines is 1. The molecule has 1 aromatic rings. The summed E-state index contributed by atoms with van der Waals surface area (Å²) in [5.74, 6) is 0.410. The molecule has 0 aliphatic carbocycles. The van der Waals surface area contributed by atoms with Gasteiger partial charge in [-0.15, -0.1) is 0 Å². The maximum Gasteiger partial charge on any atom is 0.224 e. The standard InChI is InChI=1S/C14H18BrN3O/c15-12-6-10(16)4-3-9(12)8-18-5-1-2-11-13(18)7-17-14(11)19/h3-4,6,11,13H,1-2,5,7-8,16H2,(H,17,19). The van der Waals surface area contributed by atoms with Crippen LogP contribution in [-0.2, 0) is 11.3 Å². The van der Waals surface area contributed by atoms with Crippen LogP contribution in [0.25, 0.3) is 0 Å². The summed E-state index contributed by atoms with van der Waals surface area (Å²) >= 11 is 3.57. The third-order valence-corrected chi connectivity index (χ3v) is 4.90. The van der Waals surface area contributed by atoms with Crippen LogP contribution in [-0.4, -0.2) is 29.9 Å². The number of carbonyl (C=O) groups excluding carboxylic acids is 1. The molecule has 102 valence electrons. The third-order valence-electron chi connectivity index (χ3n) is 4.17. The molecule has 0 spiro atoms. The summed E-state index contributed by atoms with van der Waals surface area (Å²) < 4.78 is 1.05. The van der Waals surface area contributed by atoms with Gasteiger partial charge in [-0.2, -0.15) is 0 Å². The number of nitrogen functional groups attached to an aromatic ring is 1. The minimum absolute atomic E-state index is 0.182. The number of nitrogens with two attached hydrogens (primary N) is 1. The zero-order valence-electron chi connectivity index (χ0n) is 10.7. The molecule has 3 rings (SSSR count). The molecule has 0 bridgehead atoms. The monoisotopic (exact) mass is 323 g/mol. The van der Waals surface area contributed by atoms with Gasteiger partial charge in [-0.1, -0.05) is 22.0 Å². The predicted molar refractivity (Wildman–Crippen MR) is 78.5 cm³/mol. The number of nitrogens with zero attached hydrogens (tertiary/aromatic N) is 1. The second-order valence-corrected chi connectivity index (χ2v) is 6.24. The van der Waals surface area contributed by atoms with Crippen LogP contribution in [0.1, 0.15) is 18.4 Å². The van der Waals surface area contributed by atoms with E-state index in [2.05, 4.69) is 32.2 Å². The Balaban J connectivity index is 1.77. The molecule has 1 aromatic carbocycles. The van der Waals surface area contributed by atoms with Crippen molar-refractivity contribution in [3.05, 3.63) is 28.2 Å². The van der Waals surface area contributed by atoms with E-state index in [1.54, 1.807) is 0 Å². The maximum absolute atomic E-state index is 11.8.